The molecule has 3 aromatic rings. The second-order valence-corrected chi connectivity index (χ2v) is 5.85. The van der Waals surface area contributed by atoms with Crippen LogP contribution in [0, 0.1) is 6.92 Å². The lowest BCUT2D eigenvalue weighted by Crippen LogP contribution is -2.07. The lowest BCUT2D eigenvalue weighted by molar-refractivity contribution is 0.290. The molecule has 4 heteroatoms. The molecule has 0 aliphatic heterocycles. The van der Waals surface area contributed by atoms with Crippen LogP contribution in [0.5, 0.6) is 5.75 Å². The highest BCUT2D eigenvalue weighted by atomic mass is 35.5. The van der Waals surface area contributed by atoms with Crippen LogP contribution in [0.25, 0.3) is 11.0 Å². The van der Waals surface area contributed by atoms with Gasteiger partial charge in [0.25, 0.3) is 0 Å². The van der Waals surface area contributed by atoms with Gasteiger partial charge in [0.05, 0.1) is 11.0 Å². The Kier molecular flexibility index (Phi) is 4.34. The van der Waals surface area contributed by atoms with Gasteiger partial charge >= 0.3 is 0 Å². The van der Waals surface area contributed by atoms with Crippen LogP contribution in [-0.4, -0.2) is 9.55 Å². The minimum absolute atomic E-state index is 0.454. The predicted molar refractivity (Wildman–Crippen MR) is 90.5 cm³/mol. The lowest BCUT2D eigenvalue weighted by atomic mass is 10.2. The van der Waals surface area contributed by atoms with Crippen molar-refractivity contribution in [3.8, 4) is 5.75 Å². The van der Waals surface area contributed by atoms with E-state index in [1.165, 1.54) is 5.56 Å². The van der Waals surface area contributed by atoms with Gasteiger partial charge in [-0.25, -0.2) is 4.98 Å². The Morgan fingerprint density at radius 2 is 2.05 bits per heavy atom. The van der Waals surface area contributed by atoms with E-state index in [2.05, 4.69) is 29.5 Å². The van der Waals surface area contributed by atoms with Crippen LogP contribution >= 0.6 is 11.6 Å². The third-order valence-electron chi connectivity index (χ3n) is 3.59. The van der Waals surface area contributed by atoms with E-state index < -0.39 is 0 Å². The first-order valence-corrected chi connectivity index (χ1v) is 7.89. The molecule has 114 valence electrons. The van der Waals surface area contributed by atoms with Crippen molar-refractivity contribution < 1.29 is 4.74 Å². The molecule has 0 atom stereocenters. The highest BCUT2D eigenvalue weighted by Gasteiger charge is 2.11. The third kappa shape index (κ3) is 3.09. The zero-order valence-corrected chi connectivity index (χ0v) is 13.6. The highest BCUT2D eigenvalue weighted by Crippen LogP contribution is 2.22. The summed E-state index contributed by atoms with van der Waals surface area (Å²) in [5, 5.41) is 0.708. The maximum atomic E-state index is 6.07. The smallest absolute Gasteiger partial charge is 0.147 e. The molecule has 1 aromatic heterocycles. The molecule has 0 amide bonds. The number of ether oxygens (including phenoxy) is 1. The van der Waals surface area contributed by atoms with Crippen LogP contribution in [-0.2, 0) is 13.2 Å². The maximum absolute atomic E-state index is 6.07. The summed E-state index contributed by atoms with van der Waals surface area (Å²) in [5.41, 5.74) is 3.21. The van der Waals surface area contributed by atoms with E-state index in [4.69, 9.17) is 16.3 Å². The topological polar surface area (TPSA) is 27.1 Å². The number of aromatic nitrogens is 2. The molecule has 0 bridgehead atoms. The van der Waals surface area contributed by atoms with Gasteiger partial charge in [-0.05, 0) is 49.2 Å². The molecule has 0 saturated heterocycles. The first kappa shape index (κ1) is 14.9. The molecule has 22 heavy (non-hydrogen) atoms. The second kappa shape index (κ2) is 6.41. The molecular formula is C18H19ClN2O. The fourth-order valence-electron chi connectivity index (χ4n) is 2.59. The van der Waals surface area contributed by atoms with Gasteiger partial charge in [0, 0.05) is 11.6 Å². The van der Waals surface area contributed by atoms with Crippen molar-refractivity contribution in [1.29, 1.82) is 0 Å². The van der Waals surface area contributed by atoms with Crippen molar-refractivity contribution >= 4 is 22.6 Å². The van der Waals surface area contributed by atoms with Crippen molar-refractivity contribution in [2.45, 2.75) is 33.4 Å². The van der Waals surface area contributed by atoms with Crippen molar-refractivity contribution in [3.05, 3.63) is 58.9 Å². The number of nitrogens with zero attached hydrogens (tertiary/aromatic N) is 2. The van der Waals surface area contributed by atoms with Crippen molar-refractivity contribution in [2.24, 2.45) is 0 Å². The summed E-state index contributed by atoms with van der Waals surface area (Å²) in [6.07, 6.45) is 1.05. The summed E-state index contributed by atoms with van der Waals surface area (Å²) >= 11 is 6.07. The van der Waals surface area contributed by atoms with Crippen LogP contribution in [0.3, 0.4) is 0 Å². The van der Waals surface area contributed by atoms with Gasteiger partial charge in [-0.15, -0.1) is 0 Å². The number of imidazole rings is 1. The number of halogens is 1. The van der Waals surface area contributed by atoms with Crippen molar-refractivity contribution in [1.82, 2.24) is 9.55 Å². The van der Waals surface area contributed by atoms with Gasteiger partial charge in [0.15, 0.2) is 0 Å². The van der Waals surface area contributed by atoms with Crippen molar-refractivity contribution in [3.63, 3.8) is 0 Å². The van der Waals surface area contributed by atoms with E-state index in [9.17, 15) is 0 Å². The average Bonchev–Trinajstić information content (AvgIpc) is 2.83. The largest absolute Gasteiger partial charge is 0.486 e. The number of hydrogen-bond acceptors (Lipinski definition) is 2. The quantitative estimate of drug-likeness (QED) is 0.663. The number of rotatable bonds is 5. The summed E-state index contributed by atoms with van der Waals surface area (Å²) < 4.78 is 8.11. The summed E-state index contributed by atoms with van der Waals surface area (Å²) in [7, 11) is 0. The zero-order chi connectivity index (χ0) is 15.5. The van der Waals surface area contributed by atoms with Crippen molar-refractivity contribution in [2.75, 3.05) is 0 Å². The molecule has 0 aliphatic rings. The molecular weight excluding hydrogens is 296 g/mol. The van der Waals surface area contributed by atoms with E-state index in [-0.39, 0.29) is 0 Å². The second-order valence-electron chi connectivity index (χ2n) is 5.42. The lowest BCUT2D eigenvalue weighted by Gasteiger charge is -2.09. The standard InChI is InChI=1S/C18H19ClN2O/c1-3-9-21-17-8-7-14(19)11-16(17)20-18(21)12-22-15-6-4-5-13(2)10-15/h4-8,10-11H,3,9,12H2,1-2H3. The number of benzene rings is 2. The molecule has 0 radical (unpaired) electrons. The van der Waals surface area contributed by atoms with Gasteiger partial charge in [-0.3, -0.25) is 0 Å². The first-order chi connectivity index (χ1) is 10.7. The van der Waals surface area contributed by atoms with E-state index in [1.807, 2.05) is 36.4 Å². The monoisotopic (exact) mass is 314 g/mol. The van der Waals surface area contributed by atoms with Crippen LogP contribution in [0.1, 0.15) is 24.7 Å². The third-order valence-corrected chi connectivity index (χ3v) is 3.83. The molecule has 0 spiro atoms. The Morgan fingerprint density at radius 3 is 2.82 bits per heavy atom. The van der Waals surface area contributed by atoms with Crippen LogP contribution in [0.4, 0.5) is 0 Å². The SMILES string of the molecule is CCCn1c(COc2cccc(C)c2)nc2cc(Cl)ccc21. The predicted octanol–water partition coefficient (Wildman–Crippen LogP) is 4.99. The Labute approximate surface area is 135 Å². The fourth-order valence-corrected chi connectivity index (χ4v) is 2.76. The summed E-state index contributed by atoms with van der Waals surface area (Å²) in [6, 6.07) is 13.9. The zero-order valence-electron chi connectivity index (χ0n) is 12.8. The Bertz CT molecular complexity index is 795. The van der Waals surface area contributed by atoms with E-state index in [1.54, 1.807) is 0 Å². The maximum Gasteiger partial charge on any atom is 0.147 e. The van der Waals surface area contributed by atoms with Crippen LogP contribution in [0.15, 0.2) is 42.5 Å². The van der Waals surface area contributed by atoms with Gasteiger partial charge in [0.2, 0.25) is 0 Å². The molecule has 3 nitrogen and oxygen atoms in total. The van der Waals surface area contributed by atoms with E-state index >= 15 is 0 Å². The van der Waals surface area contributed by atoms with Crippen LogP contribution in [0.2, 0.25) is 5.02 Å². The van der Waals surface area contributed by atoms with Gasteiger partial charge in [-0.1, -0.05) is 30.7 Å². The normalized spacial score (nSPS) is 11.0. The molecule has 1 heterocycles. The average molecular weight is 315 g/mol. The first-order valence-electron chi connectivity index (χ1n) is 7.51. The molecule has 0 saturated carbocycles. The Hall–Kier alpha value is -2.00. The number of aryl methyl sites for hydroxylation is 2. The highest BCUT2D eigenvalue weighted by molar-refractivity contribution is 6.31. The van der Waals surface area contributed by atoms with E-state index in [0.29, 0.717) is 11.6 Å². The van der Waals surface area contributed by atoms with Gasteiger partial charge in [0.1, 0.15) is 18.2 Å². The molecule has 0 aliphatic carbocycles. The number of hydrogen-bond donors (Lipinski definition) is 0. The molecule has 0 unspecified atom stereocenters. The molecule has 2 aromatic carbocycles. The summed E-state index contributed by atoms with van der Waals surface area (Å²) in [4.78, 5) is 4.68. The summed E-state index contributed by atoms with van der Waals surface area (Å²) in [6.45, 7) is 5.59. The van der Waals surface area contributed by atoms with Crippen LogP contribution < -0.4 is 4.74 Å². The minimum atomic E-state index is 0.454. The van der Waals surface area contributed by atoms with Gasteiger partial charge in [-0.2, -0.15) is 0 Å². The molecule has 0 N–H and O–H groups in total. The Balaban J connectivity index is 1.90. The minimum Gasteiger partial charge on any atom is -0.486 e. The fraction of sp³-hybridized carbons (Fsp3) is 0.278. The molecule has 0 fully saturated rings. The number of fused-ring (bicyclic) bond motifs is 1. The Morgan fingerprint density at radius 1 is 1.18 bits per heavy atom. The molecule has 3 rings (SSSR count). The van der Waals surface area contributed by atoms with E-state index in [0.717, 1.165) is 35.6 Å². The van der Waals surface area contributed by atoms with Gasteiger partial charge < -0.3 is 9.30 Å². The summed E-state index contributed by atoms with van der Waals surface area (Å²) in [5.74, 6) is 1.80.